The minimum absolute atomic E-state index is 0.0862. The van der Waals surface area contributed by atoms with Gasteiger partial charge in [-0.2, -0.15) is 0 Å². The van der Waals surface area contributed by atoms with E-state index in [0.717, 1.165) is 57.8 Å². The zero-order chi connectivity index (χ0) is 30.9. The van der Waals surface area contributed by atoms with Crippen molar-refractivity contribution in [3.63, 3.8) is 0 Å². The normalized spacial score (nSPS) is 14.4. The molecule has 0 fully saturated rings. The molecule has 0 aliphatic rings. The summed E-state index contributed by atoms with van der Waals surface area (Å²) in [6.45, 7) is 6.54. The first-order chi connectivity index (χ1) is 19.0. The topological polar surface area (TPSA) is 157 Å². The summed E-state index contributed by atoms with van der Waals surface area (Å²) in [5.74, 6) is -2.42. The first kappa shape index (κ1) is 41.9. The first-order valence-corrected chi connectivity index (χ1v) is 17.9. The third kappa shape index (κ3) is 18.3. The Morgan fingerprint density at radius 1 is 0.800 bits per heavy atom. The molecule has 0 saturated heterocycles. The molecular formula is C28H55NaO10S. The second-order valence-electron chi connectivity index (χ2n) is 10.3. The number of esters is 2. The van der Waals surface area contributed by atoms with Crippen molar-refractivity contribution in [1.29, 1.82) is 0 Å². The molecule has 0 aromatic heterocycles. The molecular weight excluding hydrogens is 551 g/mol. The van der Waals surface area contributed by atoms with Crippen LogP contribution >= 0.6 is 0 Å². The van der Waals surface area contributed by atoms with Crippen molar-refractivity contribution in [2.24, 2.45) is 5.92 Å². The second kappa shape index (κ2) is 26.4. The monoisotopic (exact) mass is 606 g/mol. The number of carbonyl (C=O) groups is 2. The van der Waals surface area contributed by atoms with Gasteiger partial charge in [0.1, 0.15) is 0 Å². The van der Waals surface area contributed by atoms with Crippen LogP contribution < -0.4 is 0 Å². The fraction of sp³-hybridized carbons (Fsp3) is 0.929. The molecule has 3 unspecified atom stereocenters. The number of aliphatic hydroxyl groups is 3. The Morgan fingerprint density at radius 2 is 1.25 bits per heavy atom. The van der Waals surface area contributed by atoms with E-state index in [2.05, 4.69) is 13.8 Å². The Hall–Kier alpha value is -0.270. The molecule has 0 radical (unpaired) electrons. The van der Waals surface area contributed by atoms with Crippen LogP contribution in [-0.4, -0.2) is 107 Å². The molecule has 0 heterocycles. The van der Waals surface area contributed by atoms with E-state index < -0.39 is 58.5 Å². The van der Waals surface area contributed by atoms with E-state index in [4.69, 9.17) is 29.0 Å². The summed E-state index contributed by atoms with van der Waals surface area (Å²) in [5.41, 5.74) is 0. The maximum atomic E-state index is 13.3. The van der Waals surface area contributed by atoms with Gasteiger partial charge in [-0.25, -0.2) is 0 Å². The predicted octanol–water partition coefficient (Wildman–Crippen LogP) is 3.84. The molecule has 0 saturated carbocycles. The fourth-order valence-corrected chi connectivity index (χ4v) is 6.68. The van der Waals surface area contributed by atoms with Gasteiger partial charge in [0.25, 0.3) is 0 Å². The molecule has 40 heavy (non-hydrogen) atoms. The number of unbranched alkanes of at least 4 members (excludes halogenated alkanes) is 10. The molecule has 0 spiro atoms. The molecule has 12 heteroatoms. The summed E-state index contributed by atoms with van der Waals surface area (Å²) in [4.78, 5) is 26.0. The van der Waals surface area contributed by atoms with E-state index in [-0.39, 0.29) is 19.8 Å². The van der Waals surface area contributed by atoms with Crippen molar-refractivity contribution < 1.29 is 47.0 Å². The molecule has 10 nitrogen and oxygen atoms in total. The van der Waals surface area contributed by atoms with Crippen LogP contribution in [0.4, 0.5) is 0 Å². The van der Waals surface area contributed by atoms with Gasteiger partial charge in [-0.1, -0.05) is 20.3 Å². The van der Waals surface area contributed by atoms with Crippen LogP contribution in [0.15, 0.2) is 0 Å². The Bertz CT molecular complexity index is 733. The Kier molecular flexibility index (Phi) is 27.6. The average molecular weight is 607 g/mol. The maximum absolute atomic E-state index is 13.3. The molecule has 0 rings (SSSR count). The van der Waals surface area contributed by atoms with Gasteiger partial charge in [-0.15, -0.1) is 0 Å². The van der Waals surface area contributed by atoms with Crippen molar-refractivity contribution in [2.45, 2.75) is 126 Å². The van der Waals surface area contributed by atoms with Crippen LogP contribution in [0.5, 0.6) is 0 Å². The summed E-state index contributed by atoms with van der Waals surface area (Å²) in [6.07, 6.45) is 10.8. The number of ether oxygens (including phenoxy) is 2. The molecule has 0 bridgehead atoms. The minimum atomic E-state index is -4.57. The number of aliphatic hydroxyl groups excluding tert-OH is 3. The predicted molar refractivity (Wildman–Crippen MR) is 156 cm³/mol. The Labute approximate surface area is 260 Å². The van der Waals surface area contributed by atoms with Crippen LogP contribution in [-0.2, 0) is 33.4 Å². The van der Waals surface area contributed by atoms with Gasteiger partial charge >= 0.3 is 211 Å². The van der Waals surface area contributed by atoms with Crippen LogP contribution in [0.25, 0.3) is 0 Å². The van der Waals surface area contributed by atoms with Crippen LogP contribution in [0.1, 0.15) is 111 Å². The second-order valence-corrected chi connectivity index (χ2v) is 13.0. The van der Waals surface area contributed by atoms with E-state index in [1.54, 1.807) is 6.92 Å². The third-order valence-corrected chi connectivity index (χ3v) is 10.0. The molecule has 0 aliphatic heterocycles. The molecule has 3 N–H and O–H groups in total. The van der Waals surface area contributed by atoms with Crippen LogP contribution in [0.2, 0.25) is 3.67 Å². The van der Waals surface area contributed by atoms with Crippen molar-refractivity contribution in [3.8, 4) is 0 Å². The standard InChI is InChI=1S/C25H47O8S.C3H8O2.Na/c1-5-7-9-11-13-15-18-31-23(27)21-25(22(3)4,34(29,30)33-20-17-26)24(28)32-19-16-14-12-10-8-6-2;1-3(5)2-4;/h22,26H,3,5-21H2,1-2,4H3;3-5H,2H2,1H3;. The summed E-state index contributed by atoms with van der Waals surface area (Å²) in [7, 11) is -4.57. The van der Waals surface area contributed by atoms with Crippen LogP contribution in [0.3, 0.4) is 0 Å². The van der Waals surface area contributed by atoms with E-state index >= 15 is 0 Å². The summed E-state index contributed by atoms with van der Waals surface area (Å²) in [6, 6.07) is 0. The zero-order valence-corrected chi connectivity index (χ0v) is 28.5. The Morgan fingerprint density at radius 3 is 1.68 bits per heavy atom. The van der Waals surface area contributed by atoms with Gasteiger partial charge in [-0.3, -0.25) is 0 Å². The van der Waals surface area contributed by atoms with Gasteiger partial charge in [0, 0.05) is 0 Å². The van der Waals surface area contributed by atoms with E-state index in [1.807, 2.05) is 0 Å². The van der Waals surface area contributed by atoms with Crippen molar-refractivity contribution in [1.82, 2.24) is 0 Å². The van der Waals surface area contributed by atoms with Gasteiger partial charge in [0.15, 0.2) is 0 Å². The van der Waals surface area contributed by atoms with Crippen molar-refractivity contribution in [3.05, 3.63) is 0 Å². The van der Waals surface area contributed by atoms with Crippen LogP contribution in [0, 0.1) is 5.92 Å². The molecule has 0 aromatic rings. The number of hydrogen-bond acceptors (Lipinski definition) is 10. The van der Waals surface area contributed by atoms with Gasteiger partial charge in [-0.05, 0) is 6.92 Å². The van der Waals surface area contributed by atoms with Gasteiger partial charge in [0.05, 0.1) is 12.7 Å². The molecule has 3 atom stereocenters. The summed E-state index contributed by atoms with van der Waals surface area (Å²) < 4.78 is 40.5. The SMILES string of the molecule is CC(O)CO.CCCCCCCCOC(=O)CC(C(=O)OCCCCCCCC)(C(C)[CH2][Na])S(=O)(=O)OCCO. The quantitative estimate of drug-likeness (QED) is 0.0638. The van der Waals surface area contributed by atoms with E-state index in [9.17, 15) is 18.0 Å². The van der Waals surface area contributed by atoms with E-state index in [1.165, 1.54) is 13.3 Å². The van der Waals surface area contributed by atoms with Gasteiger partial charge in [0.2, 0.25) is 0 Å². The molecule has 0 aliphatic carbocycles. The summed E-state index contributed by atoms with van der Waals surface area (Å²) in [5, 5.41) is 25.1. The zero-order valence-electron chi connectivity index (χ0n) is 25.7. The number of carbonyl (C=O) groups excluding carboxylic acids is 2. The van der Waals surface area contributed by atoms with Crippen molar-refractivity contribution >= 4 is 50.0 Å². The first-order valence-electron chi connectivity index (χ1n) is 15.1. The van der Waals surface area contributed by atoms with Gasteiger partial charge < -0.3 is 10.2 Å². The summed E-state index contributed by atoms with van der Waals surface area (Å²) >= 11 is 0.620. The average Bonchev–Trinajstić information content (AvgIpc) is 2.93. The number of hydrogen-bond donors (Lipinski definition) is 3. The third-order valence-electron chi connectivity index (χ3n) is 6.69. The van der Waals surface area contributed by atoms with E-state index in [0.29, 0.717) is 44.4 Å². The fourth-order valence-electron chi connectivity index (χ4n) is 3.97. The molecule has 234 valence electrons. The molecule has 0 aromatic carbocycles. The number of rotatable bonds is 24. The molecule has 0 amide bonds. The van der Waals surface area contributed by atoms with Crippen molar-refractivity contribution in [2.75, 3.05) is 33.0 Å². The Balaban J connectivity index is 0.